The van der Waals surface area contributed by atoms with Gasteiger partial charge in [-0.2, -0.15) is 5.10 Å². The van der Waals surface area contributed by atoms with E-state index >= 15 is 0 Å². The van der Waals surface area contributed by atoms with Gasteiger partial charge in [0, 0.05) is 41.4 Å². The molecule has 2 atom stereocenters. The first-order chi connectivity index (χ1) is 14.5. The summed E-state index contributed by atoms with van der Waals surface area (Å²) in [4.78, 5) is 13.1. The zero-order chi connectivity index (χ0) is 21.0. The standard InChI is InChI=1S/C22H19F2N3O3/c1-29-14-8-13(9-15(10-14)30-2)25-22(28)20-17-6-11-5-16(11)21(17)27(26-20)19-4-3-12(23)7-18(19)24/h3-4,7-11,16H,5-6H2,1-2H3,(H,25,28)/t11-,16-/m1/s1. The van der Waals surface area contributed by atoms with Gasteiger partial charge in [-0.3, -0.25) is 4.79 Å². The van der Waals surface area contributed by atoms with Crippen molar-refractivity contribution in [3.63, 3.8) is 0 Å². The van der Waals surface area contributed by atoms with Crippen molar-refractivity contribution in [3.05, 3.63) is 65.0 Å². The molecule has 1 fully saturated rings. The predicted molar refractivity (Wildman–Crippen MR) is 106 cm³/mol. The van der Waals surface area contributed by atoms with Gasteiger partial charge in [0.05, 0.1) is 19.9 Å². The fourth-order valence-electron chi connectivity index (χ4n) is 4.20. The lowest BCUT2D eigenvalue weighted by molar-refractivity contribution is 0.102. The van der Waals surface area contributed by atoms with E-state index in [1.807, 2.05) is 0 Å². The maximum absolute atomic E-state index is 14.4. The largest absolute Gasteiger partial charge is 0.497 e. The Labute approximate surface area is 171 Å². The molecule has 0 aliphatic heterocycles. The summed E-state index contributed by atoms with van der Waals surface area (Å²) in [5.74, 6) is 0.0176. The summed E-state index contributed by atoms with van der Waals surface area (Å²) in [5.41, 5.74) is 2.56. The van der Waals surface area contributed by atoms with Crippen LogP contribution in [0.2, 0.25) is 0 Å². The quantitative estimate of drug-likeness (QED) is 0.687. The average Bonchev–Trinajstić information content (AvgIpc) is 3.23. The number of amides is 1. The van der Waals surface area contributed by atoms with E-state index in [0.29, 0.717) is 23.1 Å². The summed E-state index contributed by atoms with van der Waals surface area (Å²) in [6, 6.07) is 8.41. The molecule has 2 aromatic carbocycles. The minimum atomic E-state index is -0.714. The SMILES string of the molecule is COc1cc(NC(=O)c2nn(-c3ccc(F)cc3F)c3c2C[C@H]2C[C@@H]32)cc(OC)c1. The molecule has 0 unspecified atom stereocenters. The predicted octanol–water partition coefficient (Wildman–Crippen LogP) is 4.08. The van der Waals surface area contributed by atoms with E-state index in [9.17, 15) is 13.6 Å². The summed E-state index contributed by atoms with van der Waals surface area (Å²) in [6.07, 6.45) is 1.72. The third kappa shape index (κ3) is 2.99. The topological polar surface area (TPSA) is 65.4 Å². The van der Waals surface area contributed by atoms with Gasteiger partial charge in [0.25, 0.3) is 5.91 Å². The van der Waals surface area contributed by atoms with Crippen molar-refractivity contribution < 1.29 is 23.0 Å². The second-order valence-corrected chi connectivity index (χ2v) is 7.58. The number of nitrogens with zero attached hydrogens (tertiary/aromatic N) is 2. The number of rotatable bonds is 5. The second kappa shape index (κ2) is 6.83. The highest BCUT2D eigenvalue weighted by Crippen LogP contribution is 2.57. The fraction of sp³-hybridized carbons (Fsp3) is 0.273. The van der Waals surface area contributed by atoms with Crippen LogP contribution in [0.25, 0.3) is 5.69 Å². The van der Waals surface area contributed by atoms with Crippen LogP contribution in [0.4, 0.5) is 14.5 Å². The van der Waals surface area contributed by atoms with Crippen LogP contribution in [-0.2, 0) is 6.42 Å². The normalized spacial score (nSPS) is 18.5. The van der Waals surface area contributed by atoms with E-state index in [-0.39, 0.29) is 17.3 Å². The van der Waals surface area contributed by atoms with Crippen LogP contribution in [0.3, 0.4) is 0 Å². The summed E-state index contributed by atoms with van der Waals surface area (Å²) in [6.45, 7) is 0. The van der Waals surface area contributed by atoms with Crippen molar-refractivity contribution in [2.24, 2.45) is 5.92 Å². The molecule has 2 aliphatic rings. The van der Waals surface area contributed by atoms with Crippen molar-refractivity contribution >= 4 is 11.6 Å². The van der Waals surface area contributed by atoms with Gasteiger partial charge in [0.2, 0.25) is 0 Å². The Morgan fingerprint density at radius 1 is 1.13 bits per heavy atom. The number of benzene rings is 2. The van der Waals surface area contributed by atoms with Gasteiger partial charge in [-0.1, -0.05) is 0 Å². The molecular formula is C22H19F2N3O3. The molecule has 0 saturated heterocycles. The summed E-state index contributed by atoms with van der Waals surface area (Å²) < 4.78 is 39.7. The van der Waals surface area contributed by atoms with Gasteiger partial charge >= 0.3 is 0 Å². The van der Waals surface area contributed by atoms with E-state index in [2.05, 4.69) is 10.4 Å². The molecule has 1 N–H and O–H groups in total. The van der Waals surface area contributed by atoms with E-state index in [1.165, 1.54) is 31.0 Å². The molecule has 0 radical (unpaired) electrons. The number of nitrogens with one attached hydrogen (secondary N) is 1. The lowest BCUT2D eigenvalue weighted by Crippen LogP contribution is -2.15. The Kier molecular flexibility index (Phi) is 4.23. The average molecular weight is 411 g/mol. The highest BCUT2D eigenvalue weighted by molar-refractivity contribution is 6.04. The van der Waals surface area contributed by atoms with Crippen molar-refractivity contribution in [2.75, 3.05) is 19.5 Å². The Morgan fingerprint density at radius 3 is 2.53 bits per heavy atom. The van der Waals surface area contributed by atoms with Crippen LogP contribution in [-0.4, -0.2) is 29.9 Å². The fourth-order valence-corrected chi connectivity index (χ4v) is 4.20. The number of ether oxygens (including phenoxy) is 2. The summed E-state index contributed by atoms with van der Waals surface area (Å²) in [7, 11) is 3.05. The number of hydrogen-bond acceptors (Lipinski definition) is 4. The molecule has 30 heavy (non-hydrogen) atoms. The number of carbonyl (C=O) groups is 1. The highest BCUT2D eigenvalue weighted by atomic mass is 19.1. The smallest absolute Gasteiger partial charge is 0.276 e. The lowest BCUT2D eigenvalue weighted by atomic mass is 10.1. The molecule has 0 spiro atoms. The third-order valence-corrected chi connectivity index (χ3v) is 5.73. The molecular weight excluding hydrogens is 392 g/mol. The maximum atomic E-state index is 14.4. The highest BCUT2D eigenvalue weighted by Gasteiger charge is 2.50. The Morgan fingerprint density at radius 2 is 1.87 bits per heavy atom. The number of hydrogen-bond donors (Lipinski definition) is 1. The zero-order valence-electron chi connectivity index (χ0n) is 16.4. The van der Waals surface area contributed by atoms with Gasteiger partial charge in [0.15, 0.2) is 11.5 Å². The molecule has 8 heteroatoms. The Balaban J connectivity index is 1.53. The number of halogens is 2. The molecule has 1 aromatic heterocycles. The molecule has 5 rings (SSSR count). The monoisotopic (exact) mass is 411 g/mol. The first-order valence-electron chi connectivity index (χ1n) is 9.60. The maximum Gasteiger partial charge on any atom is 0.276 e. The van der Waals surface area contributed by atoms with Crippen LogP contribution >= 0.6 is 0 Å². The van der Waals surface area contributed by atoms with Gasteiger partial charge in [-0.05, 0) is 30.9 Å². The second-order valence-electron chi connectivity index (χ2n) is 7.58. The lowest BCUT2D eigenvalue weighted by Gasteiger charge is -2.09. The molecule has 1 saturated carbocycles. The summed E-state index contributed by atoms with van der Waals surface area (Å²) in [5, 5.41) is 7.26. The van der Waals surface area contributed by atoms with Crippen LogP contribution in [0.1, 0.15) is 34.1 Å². The number of anilines is 1. The number of carbonyl (C=O) groups excluding carboxylic acids is 1. The first kappa shape index (κ1) is 18.6. The first-order valence-corrected chi connectivity index (χ1v) is 9.60. The van der Waals surface area contributed by atoms with Gasteiger partial charge in [0.1, 0.15) is 23.0 Å². The molecule has 3 aromatic rings. The van der Waals surface area contributed by atoms with Crippen LogP contribution in [0.15, 0.2) is 36.4 Å². The number of aromatic nitrogens is 2. The van der Waals surface area contributed by atoms with E-state index in [0.717, 1.165) is 30.2 Å². The van der Waals surface area contributed by atoms with E-state index in [1.54, 1.807) is 18.2 Å². The molecule has 1 amide bonds. The van der Waals surface area contributed by atoms with Crippen molar-refractivity contribution in [2.45, 2.75) is 18.8 Å². The molecule has 0 bridgehead atoms. The molecule has 2 aliphatic carbocycles. The van der Waals surface area contributed by atoms with Crippen molar-refractivity contribution in [1.82, 2.24) is 9.78 Å². The number of methoxy groups -OCH3 is 2. The molecule has 1 heterocycles. The van der Waals surface area contributed by atoms with Gasteiger partial charge in [-0.25, -0.2) is 13.5 Å². The molecule has 6 nitrogen and oxygen atoms in total. The van der Waals surface area contributed by atoms with Gasteiger partial charge < -0.3 is 14.8 Å². The van der Waals surface area contributed by atoms with Crippen molar-refractivity contribution in [3.8, 4) is 17.2 Å². The molecule has 154 valence electrons. The van der Waals surface area contributed by atoms with Crippen LogP contribution in [0, 0.1) is 17.6 Å². The van der Waals surface area contributed by atoms with Crippen molar-refractivity contribution in [1.29, 1.82) is 0 Å². The number of fused-ring (bicyclic) bond motifs is 3. The zero-order valence-corrected chi connectivity index (χ0v) is 16.4. The van der Waals surface area contributed by atoms with Crippen LogP contribution in [0.5, 0.6) is 11.5 Å². The minimum absolute atomic E-state index is 0.141. The summed E-state index contributed by atoms with van der Waals surface area (Å²) >= 11 is 0. The third-order valence-electron chi connectivity index (χ3n) is 5.73. The van der Waals surface area contributed by atoms with E-state index < -0.39 is 17.5 Å². The van der Waals surface area contributed by atoms with Gasteiger partial charge in [-0.15, -0.1) is 0 Å². The Bertz CT molecular complexity index is 1150. The Hall–Kier alpha value is -3.42. The van der Waals surface area contributed by atoms with Crippen LogP contribution < -0.4 is 14.8 Å². The minimum Gasteiger partial charge on any atom is -0.497 e. The van der Waals surface area contributed by atoms with E-state index in [4.69, 9.17) is 9.47 Å².